The molecule has 5 rings (SSSR count). The Bertz CT molecular complexity index is 1330. The summed E-state index contributed by atoms with van der Waals surface area (Å²) >= 11 is 3.29. The van der Waals surface area contributed by atoms with Crippen LogP contribution in [0.5, 0.6) is 0 Å². The summed E-state index contributed by atoms with van der Waals surface area (Å²) in [6, 6.07) is 8.29. The van der Waals surface area contributed by atoms with Crippen LogP contribution >= 0.6 is 22.7 Å². The lowest BCUT2D eigenvalue weighted by Gasteiger charge is -2.30. The van der Waals surface area contributed by atoms with E-state index in [0.29, 0.717) is 13.1 Å². The molecule has 0 bridgehead atoms. The highest BCUT2D eigenvalue weighted by molar-refractivity contribution is 7.19. The first-order valence-corrected chi connectivity index (χ1v) is 12.2. The van der Waals surface area contributed by atoms with Crippen molar-refractivity contribution in [2.24, 2.45) is 0 Å². The van der Waals surface area contributed by atoms with Gasteiger partial charge in [0.05, 0.1) is 21.1 Å². The minimum atomic E-state index is -0.237. The molecule has 9 heteroatoms. The van der Waals surface area contributed by atoms with Crippen molar-refractivity contribution in [3.8, 4) is 0 Å². The van der Waals surface area contributed by atoms with Crippen LogP contribution < -0.4 is 10.6 Å². The molecule has 1 aliphatic heterocycles. The zero-order valence-corrected chi connectivity index (χ0v) is 19.8. The van der Waals surface area contributed by atoms with Gasteiger partial charge in [-0.2, -0.15) is 0 Å². The fourth-order valence-corrected chi connectivity index (χ4v) is 5.39. The number of hydrogen-bond donors (Lipinski definition) is 2. The summed E-state index contributed by atoms with van der Waals surface area (Å²) in [5.41, 5.74) is 4.80. The molecule has 4 heterocycles. The van der Waals surface area contributed by atoms with E-state index in [2.05, 4.69) is 43.8 Å². The number of benzene rings is 1. The van der Waals surface area contributed by atoms with Gasteiger partial charge >= 0.3 is 6.03 Å². The topological polar surface area (TPSA) is 83.0 Å². The smallest absolute Gasteiger partial charge is 0.318 e. The van der Waals surface area contributed by atoms with Crippen molar-refractivity contribution in [2.75, 3.05) is 18.4 Å². The molecule has 0 fully saturated rings. The number of rotatable bonds is 3. The number of anilines is 2. The zero-order chi connectivity index (χ0) is 22.3. The van der Waals surface area contributed by atoms with E-state index >= 15 is 0 Å². The Morgan fingerprint density at radius 2 is 2.03 bits per heavy atom. The van der Waals surface area contributed by atoms with Crippen molar-refractivity contribution >= 4 is 66.2 Å². The van der Waals surface area contributed by atoms with Gasteiger partial charge < -0.3 is 15.5 Å². The maximum Gasteiger partial charge on any atom is 0.318 e. The van der Waals surface area contributed by atoms with Gasteiger partial charge in [-0.15, -0.1) is 22.7 Å². The highest BCUT2D eigenvalue weighted by atomic mass is 32.1. The number of thiophene rings is 1. The van der Waals surface area contributed by atoms with Crippen molar-refractivity contribution in [3.05, 3.63) is 47.1 Å². The van der Waals surface area contributed by atoms with E-state index in [9.17, 15) is 4.79 Å². The Morgan fingerprint density at radius 1 is 1.16 bits per heavy atom. The van der Waals surface area contributed by atoms with E-state index in [0.717, 1.165) is 38.4 Å². The zero-order valence-electron chi connectivity index (χ0n) is 18.2. The molecule has 0 unspecified atom stereocenters. The Kier molecular flexibility index (Phi) is 5.30. The summed E-state index contributed by atoms with van der Waals surface area (Å²) in [7, 11) is 0. The molecule has 32 heavy (non-hydrogen) atoms. The van der Waals surface area contributed by atoms with Gasteiger partial charge in [-0.1, -0.05) is 6.08 Å². The van der Waals surface area contributed by atoms with Crippen molar-refractivity contribution in [1.29, 1.82) is 0 Å². The number of nitrogens with zero attached hydrogens (tertiary/aromatic N) is 4. The first-order chi connectivity index (χ1) is 15.4. The summed E-state index contributed by atoms with van der Waals surface area (Å²) in [5.74, 6) is 0.787. The van der Waals surface area contributed by atoms with E-state index in [1.807, 2.05) is 43.3 Å². The van der Waals surface area contributed by atoms with Crippen LogP contribution in [0.4, 0.5) is 16.3 Å². The normalized spacial score (nSPS) is 14.6. The second-order valence-electron chi connectivity index (χ2n) is 8.82. The molecule has 0 radical (unpaired) electrons. The van der Waals surface area contributed by atoms with Crippen molar-refractivity contribution in [3.63, 3.8) is 0 Å². The molecule has 1 aliphatic rings. The van der Waals surface area contributed by atoms with Crippen molar-refractivity contribution < 1.29 is 4.79 Å². The summed E-state index contributed by atoms with van der Waals surface area (Å²) in [5, 5.41) is 7.46. The molecular weight excluding hydrogens is 440 g/mol. The van der Waals surface area contributed by atoms with E-state index in [-0.39, 0.29) is 11.6 Å². The fraction of sp³-hybridized carbons (Fsp3) is 0.304. The van der Waals surface area contributed by atoms with Crippen LogP contribution in [-0.4, -0.2) is 44.5 Å². The van der Waals surface area contributed by atoms with Crippen LogP contribution in [0, 0.1) is 0 Å². The standard InChI is InChI=1S/C23H24N6OS2/c1-23(2,3)28-22(30)29-8-6-14(7-9-29)19-11-16-20(24-12-25-21(16)32-19)27-15-4-5-18-17(10-15)26-13-31-18/h4-6,10-13H,7-9H2,1-3H3,(H,28,30)(H,24,25,27). The summed E-state index contributed by atoms with van der Waals surface area (Å²) in [4.78, 5) is 29.8. The summed E-state index contributed by atoms with van der Waals surface area (Å²) < 4.78 is 1.16. The number of urea groups is 1. The lowest BCUT2D eigenvalue weighted by Crippen LogP contribution is -2.49. The predicted octanol–water partition coefficient (Wildman–Crippen LogP) is 5.64. The molecule has 1 aromatic carbocycles. The van der Waals surface area contributed by atoms with Gasteiger partial charge in [-0.25, -0.2) is 19.7 Å². The molecular formula is C23H24N6OS2. The third-order valence-electron chi connectivity index (χ3n) is 5.22. The Hall–Kier alpha value is -3.04. The molecule has 0 spiro atoms. The number of amides is 2. The third kappa shape index (κ3) is 4.31. The highest BCUT2D eigenvalue weighted by Gasteiger charge is 2.22. The fourth-order valence-electron chi connectivity index (χ4n) is 3.66. The van der Waals surface area contributed by atoms with Gasteiger partial charge in [0, 0.05) is 29.2 Å². The molecule has 0 aliphatic carbocycles. The minimum absolute atomic E-state index is 0.0152. The SMILES string of the molecule is CC(C)(C)NC(=O)N1CC=C(c2cc3c(Nc4ccc5scnc5c4)ncnc3s2)CC1. The number of carbonyl (C=O) groups excluding carboxylic acids is 1. The average Bonchev–Trinajstić information content (AvgIpc) is 3.40. The number of carbonyl (C=O) groups is 1. The predicted molar refractivity (Wildman–Crippen MR) is 133 cm³/mol. The van der Waals surface area contributed by atoms with Crippen LogP contribution in [0.15, 0.2) is 42.2 Å². The van der Waals surface area contributed by atoms with E-state index < -0.39 is 0 Å². The second kappa shape index (κ2) is 8.14. The van der Waals surface area contributed by atoms with E-state index in [4.69, 9.17) is 0 Å². The van der Waals surface area contributed by atoms with Gasteiger partial charge in [0.2, 0.25) is 0 Å². The molecule has 2 N–H and O–H groups in total. The number of fused-ring (bicyclic) bond motifs is 2. The lowest BCUT2D eigenvalue weighted by molar-refractivity contribution is 0.193. The maximum atomic E-state index is 12.4. The van der Waals surface area contributed by atoms with Gasteiger partial charge in [0.25, 0.3) is 0 Å². The van der Waals surface area contributed by atoms with Gasteiger partial charge in [0.1, 0.15) is 17.0 Å². The summed E-state index contributed by atoms with van der Waals surface area (Å²) in [6.45, 7) is 7.29. The lowest BCUT2D eigenvalue weighted by atomic mass is 10.1. The van der Waals surface area contributed by atoms with E-state index in [1.54, 1.807) is 29.0 Å². The number of aromatic nitrogens is 3. The van der Waals surface area contributed by atoms with Gasteiger partial charge in [-0.3, -0.25) is 0 Å². The molecule has 0 saturated carbocycles. The summed E-state index contributed by atoms with van der Waals surface area (Å²) in [6.07, 6.45) is 4.56. The van der Waals surface area contributed by atoms with Crippen LogP contribution in [0.25, 0.3) is 26.0 Å². The number of hydrogen-bond acceptors (Lipinski definition) is 7. The van der Waals surface area contributed by atoms with Crippen molar-refractivity contribution in [2.45, 2.75) is 32.7 Å². The Labute approximate surface area is 194 Å². The van der Waals surface area contributed by atoms with Crippen LogP contribution in [0.1, 0.15) is 32.1 Å². The van der Waals surface area contributed by atoms with Gasteiger partial charge in [-0.05, 0) is 57.0 Å². The van der Waals surface area contributed by atoms with E-state index in [1.165, 1.54) is 10.5 Å². The largest absolute Gasteiger partial charge is 0.340 e. The molecule has 0 saturated heterocycles. The van der Waals surface area contributed by atoms with Crippen LogP contribution in [-0.2, 0) is 0 Å². The van der Waals surface area contributed by atoms with Crippen molar-refractivity contribution in [1.82, 2.24) is 25.2 Å². The minimum Gasteiger partial charge on any atom is -0.340 e. The van der Waals surface area contributed by atoms with Gasteiger partial charge in [0.15, 0.2) is 0 Å². The molecule has 3 aromatic heterocycles. The number of thiazole rings is 1. The molecule has 2 amide bonds. The Morgan fingerprint density at radius 3 is 2.81 bits per heavy atom. The molecule has 7 nitrogen and oxygen atoms in total. The average molecular weight is 465 g/mol. The maximum absolute atomic E-state index is 12.4. The molecule has 0 atom stereocenters. The highest BCUT2D eigenvalue weighted by Crippen LogP contribution is 2.36. The van der Waals surface area contributed by atoms with Crippen LogP contribution in [0.2, 0.25) is 0 Å². The second-order valence-corrected chi connectivity index (χ2v) is 10.7. The quantitative estimate of drug-likeness (QED) is 0.410. The van der Waals surface area contributed by atoms with Crippen LogP contribution in [0.3, 0.4) is 0 Å². The first kappa shape index (κ1) is 20.8. The molecule has 4 aromatic rings. The Balaban J connectivity index is 1.37. The molecule has 164 valence electrons. The number of nitrogens with one attached hydrogen (secondary N) is 2. The monoisotopic (exact) mass is 464 g/mol. The first-order valence-electron chi connectivity index (χ1n) is 10.5. The third-order valence-corrected chi connectivity index (χ3v) is 7.15.